The van der Waals surface area contributed by atoms with E-state index in [1.54, 1.807) is 0 Å². The van der Waals surface area contributed by atoms with E-state index in [4.69, 9.17) is 4.42 Å². The Bertz CT molecular complexity index is 559. The van der Waals surface area contributed by atoms with Gasteiger partial charge in [0.05, 0.1) is 5.56 Å². The normalized spacial score (nSPS) is 16.3. The van der Waals surface area contributed by atoms with Gasteiger partial charge in [0.1, 0.15) is 0 Å². The van der Waals surface area contributed by atoms with Crippen LogP contribution in [0.15, 0.2) is 27.1 Å². The zero-order valence-electron chi connectivity index (χ0n) is 10.3. The maximum Gasteiger partial charge on any atom is 0.248 e. The highest BCUT2D eigenvalue weighted by Gasteiger charge is 2.23. The van der Waals surface area contributed by atoms with Crippen molar-refractivity contribution in [3.05, 3.63) is 34.1 Å². The first-order chi connectivity index (χ1) is 8.74. The summed E-state index contributed by atoms with van der Waals surface area (Å²) < 4.78 is 6.83. The average molecular weight is 307 g/mol. The number of hydrogen-bond donors (Lipinski definition) is 0. The molecule has 3 rings (SSSR count). The molecule has 94 valence electrons. The number of aryl methyl sites for hydroxylation is 1. The lowest BCUT2D eigenvalue weighted by atomic mass is 10.1. The maximum absolute atomic E-state index is 5.82. The van der Waals surface area contributed by atoms with Crippen molar-refractivity contribution < 1.29 is 4.42 Å². The van der Waals surface area contributed by atoms with Crippen LogP contribution in [0.3, 0.4) is 0 Å². The number of rotatable bonds is 2. The molecular formula is C14H15BrN2O. The zero-order valence-corrected chi connectivity index (χ0v) is 11.9. The van der Waals surface area contributed by atoms with Crippen LogP contribution in [0.2, 0.25) is 0 Å². The predicted molar refractivity (Wildman–Crippen MR) is 73.4 cm³/mol. The summed E-state index contributed by atoms with van der Waals surface area (Å²) >= 11 is 3.55. The molecule has 1 aromatic carbocycles. The van der Waals surface area contributed by atoms with Gasteiger partial charge in [0.25, 0.3) is 0 Å². The van der Waals surface area contributed by atoms with Crippen LogP contribution < -0.4 is 0 Å². The van der Waals surface area contributed by atoms with Crippen molar-refractivity contribution >= 4 is 15.9 Å². The van der Waals surface area contributed by atoms with E-state index in [0.29, 0.717) is 11.8 Å². The standard InChI is InChI=1S/C14H15BrN2O/c1-9-6-7-11(12(15)8-9)14-17-16-13(18-14)10-4-2-3-5-10/h6-8,10H,2-5H2,1H3. The first-order valence-electron chi connectivity index (χ1n) is 6.34. The smallest absolute Gasteiger partial charge is 0.248 e. The monoisotopic (exact) mass is 306 g/mol. The van der Waals surface area contributed by atoms with E-state index in [2.05, 4.69) is 45.2 Å². The first kappa shape index (κ1) is 11.9. The third kappa shape index (κ3) is 2.21. The largest absolute Gasteiger partial charge is 0.420 e. The van der Waals surface area contributed by atoms with Gasteiger partial charge in [0.15, 0.2) is 0 Å². The molecule has 0 saturated heterocycles. The summed E-state index contributed by atoms with van der Waals surface area (Å²) in [7, 11) is 0. The SMILES string of the molecule is Cc1ccc(-c2nnc(C3CCCC3)o2)c(Br)c1. The Morgan fingerprint density at radius 3 is 2.72 bits per heavy atom. The summed E-state index contributed by atoms with van der Waals surface area (Å²) in [5.41, 5.74) is 2.18. The second kappa shape index (κ2) is 4.84. The van der Waals surface area contributed by atoms with Crippen LogP contribution in [0.1, 0.15) is 43.1 Å². The molecule has 0 N–H and O–H groups in total. The lowest BCUT2D eigenvalue weighted by Gasteiger charge is -2.02. The highest BCUT2D eigenvalue weighted by Crippen LogP contribution is 2.35. The number of halogens is 1. The Morgan fingerprint density at radius 2 is 2.00 bits per heavy atom. The lowest BCUT2D eigenvalue weighted by Crippen LogP contribution is -1.91. The third-order valence-electron chi connectivity index (χ3n) is 3.50. The second-order valence-electron chi connectivity index (χ2n) is 4.91. The number of hydrogen-bond acceptors (Lipinski definition) is 3. The van der Waals surface area contributed by atoms with Gasteiger partial charge >= 0.3 is 0 Å². The Hall–Kier alpha value is -1.16. The van der Waals surface area contributed by atoms with E-state index in [9.17, 15) is 0 Å². The molecule has 0 spiro atoms. The Labute approximate surface area is 115 Å². The fourth-order valence-electron chi connectivity index (χ4n) is 2.47. The van der Waals surface area contributed by atoms with Gasteiger partial charge in [-0.25, -0.2) is 0 Å². The van der Waals surface area contributed by atoms with Gasteiger partial charge in [0.2, 0.25) is 11.8 Å². The summed E-state index contributed by atoms with van der Waals surface area (Å²) in [5, 5.41) is 8.38. The molecule has 0 amide bonds. The van der Waals surface area contributed by atoms with Crippen molar-refractivity contribution in [3.63, 3.8) is 0 Å². The molecular weight excluding hydrogens is 292 g/mol. The molecule has 18 heavy (non-hydrogen) atoms. The second-order valence-corrected chi connectivity index (χ2v) is 5.76. The molecule has 0 aliphatic heterocycles. The van der Waals surface area contributed by atoms with Crippen molar-refractivity contribution in [2.75, 3.05) is 0 Å². The minimum absolute atomic E-state index is 0.468. The molecule has 2 aromatic rings. The minimum atomic E-state index is 0.468. The minimum Gasteiger partial charge on any atom is -0.420 e. The summed E-state index contributed by atoms with van der Waals surface area (Å²) in [6.45, 7) is 2.06. The highest BCUT2D eigenvalue weighted by atomic mass is 79.9. The molecule has 0 radical (unpaired) electrons. The Kier molecular flexibility index (Phi) is 3.20. The molecule has 0 atom stereocenters. The van der Waals surface area contributed by atoms with Gasteiger partial charge < -0.3 is 4.42 Å². The van der Waals surface area contributed by atoms with E-state index in [-0.39, 0.29) is 0 Å². The van der Waals surface area contributed by atoms with Crippen LogP contribution in [0, 0.1) is 6.92 Å². The van der Waals surface area contributed by atoms with Crippen LogP contribution in [-0.2, 0) is 0 Å². The third-order valence-corrected chi connectivity index (χ3v) is 4.16. The molecule has 3 nitrogen and oxygen atoms in total. The maximum atomic E-state index is 5.82. The molecule has 1 aliphatic carbocycles. The quantitative estimate of drug-likeness (QED) is 0.822. The van der Waals surface area contributed by atoms with Gasteiger partial charge in [-0.3, -0.25) is 0 Å². The first-order valence-corrected chi connectivity index (χ1v) is 7.13. The van der Waals surface area contributed by atoms with Crippen LogP contribution >= 0.6 is 15.9 Å². The fraction of sp³-hybridized carbons (Fsp3) is 0.429. The average Bonchev–Trinajstić information content (AvgIpc) is 2.99. The predicted octanol–water partition coefficient (Wildman–Crippen LogP) is 4.47. The fourth-order valence-corrected chi connectivity index (χ4v) is 3.14. The van der Waals surface area contributed by atoms with Crippen molar-refractivity contribution in [1.82, 2.24) is 10.2 Å². The van der Waals surface area contributed by atoms with Gasteiger partial charge in [0, 0.05) is 10.4 Å². The molecule has 4 heteroatoms. The van der Waals surface area contributed by atoms with Crippen molar-refractivity contribution in [2.45, 2.75) is 38.5 Å². The van der Waals surface area contributed by atoms with Crippen molar-refractivity contribution in [2.24, 2.45) is 0 Å². The summed E-state index contributed by atoms with van der Waals surface area (Å²) in [6.07, 6.45) is 4.90. The topological polar surface area (TPSA) is 38.9 Å². The Morgan fingerprint density at radius 1 is 1.22 bits per heavy atom. The number of nitrogens with zero attached hydrogens (tertiary/aromatic N) is 2. The number of benzene rings is 1. The van der Waals surface area contributed by atoms with E-state index in [1.165, 1.54) is 31.2 Å². The van der Waals surface area contributed by atoms with E-state index < -0.39 is 0 Å². The lowest BCUT2D eigenvalue weighted by molar-refractivity contribution is 0.457. The summed E-state index contributed by atoms with van der Waals surface area (Å²) in [5.74, 6) is 1.88. The summed E-state index contributed by atoms with van der Waals surface area (Å²) in [6, 6.07) is 6.14. The van der Waals surface area contributed by atoms with Gasteiger partial charge in [-0.15, -0.1) is 10.2 Å². The highest BCUT2D eigenvalue weighted by molar-refractivity contribution is 9.10. The Balaban J connectivity index is 1.92. The van der Waals surface area contributed by atoms with E-state index >= 15 is 0 Å². The van der Waals surface area contributed by atoms with Crippen molar-refractivity contribution in [1.29, 1.82) is 0 Å². The molecule has 0 bridgehead atoms. The van der Waals surface area contributed by atoms with E-state index in [0.717, 1.165) is 15.9 Å². The zero-order chi connectivity index (χ0) is 12.5. The molecule has 1 aromatic heterocycles. The molecule has 1 saturated carbocycles. The van der Waals surface area contributed by atoms with Crippen LogP contribution in [0.25, 0.3) is 11.5 Å². The molecule has 1 fully saturated rings. The van der Waals surface area contributed by atoms with Crippen LogP contribution in [0.4, 0.5) is 0 Å². The van der Waals surface area contributed by atoms with E-state index in [1.807, 2.05) is 6.07 Å². The van der Waals surface area contributed by atoms with Gasteiger partial charge in [-0.1, -0.05) is 18.9 Å². The molecule has 1 heterocycles. The molecule has 0 unspecified atom stereocenters. The van der Waals surface area contributed by atoms with Gasteiger partial charge in [-0.2, -0.15) is 0 Å². The van der Waals surface area contributed by atoms with Crippen LogP contribution in [-0.4, -0.2) is 10.2 Å². The van der Waals surface area contributed by atoms with Crippen LogP contribution in [0.5, 0.6) is 0 Å². The van der Waals surface area contributed by atoms with Gasteiger partial charge in [-0.05, 0) is 53.4 Å². The summed E-state index contributed by atoms with van der Waals surface area (Å²) in [4.78, 5) is 0. The number of aromatic nitrogens is 2. The van der Waals surface area contributed by atoms with Crippen molar-refractivity contribution in [3.8, 4) is 11.5 Å². The molecule has 1 aliphatic rings.